The Balaban J connectivity index is 2.12. The molecule has 106 valence electrons. The van der Waals surface area contributed by atoms with Gasteiger partial charge in [0.05, 0.1) is 0 Å². The lowest BCUT2D eigenvalue weighted by Crippen LogP contribution is -2.63. The molecular formula is C15H31N3. The van der Waals surface area contributed by atoms with E-state index in [9.17, 15) is 0 Å². The second kappa shape index (κ2) is 5.48. The Morgan fingerprint density at radius 2 is 2.06 bits per heavy atom. The van der Waals surface area contributed by atoms with Gasteiger partial charge in [0.25, 0.3) is 0 Å². The zero-order valence-corrected chi connectivity index (χ0v) is 12.7. The van der Waals surface area contributed by atoms with Crippen LogP contribution in [0.5, 0.6) is 0 Å². The van der Waals surface area contributed by atoms with Gasteiger partial charge in [-0.15, -0.1) is 0 Å². The third-order valence-electron chi connectivity index (χ3n) is 5.12. The van der Waals surface area contributed by atoms with Crippen molar-refractivity contribution >= 4 is 0 Å². The van der Waals surface area contributed by atoms with Crippen LogP contribution in [0.1, 0.15) is 46.5 Å². The zero-order valence-electron chi connectivity index (χ0n) is 12.7. The van der Waals surface area contributed by atoms with Gasteiger partial charge in [0, 0.05) is 30.7 Å². The Bertz CT molecular complexity index is 275. The van der Waals surface area contributed by atoms with Crippen LogP contribution in [-0.2, 0) is 0 Å². The highest BCUT2D eigenvalue weighted by Crippen LogP contribution is 2.37. The van der Waals surface area contributed by atoms with Crippen LogP contribution in [0, 0.1) is 5.92 Å². The number of nitrogens with two attached hydrogens (primary N) is 1. The van der Waals surface area contributed by atoms with Gasteiger partial charge in [0.15, 0.2) is 0 Å². The summed E-state index contributed by atoms with van der Waals surface area (Å²) in [5, 5.41) is 0. The standard InChI is InChI=1S/C15H31N3/c1-12(2)18(10-14-5-6-14)15(11-16)7-8-17(4)13(3)9-15/h12-14H,5-11,16H2,1-4H3. The van der Waals surface area contributed by atoms with E-state index in [0.717, 1.165) is 12.5 Å². The van der Waals surface area contributed by atoms with Crippen LogP contribution in [0.3, 0.4) is 0 Å². The number of hydrogen-bond donors (Lipinski definition) is 1. The van der Waals surface area contributed by atoms with Crippen molar-refractivity contribution in [3.8, 4) is 0 Å². The van der Waals surface area contributed by atoms with Gasteiger partial charge in [-0.2, -0.15) is 0 Å². The summed E-state index contributed by atoms with van der Waals surface area (Å²) in [5.74, 6) is 0.950. The smallest absolute Gasteiger partial charge is 0.0361 e. The first-order valence-corrected chi connectivity index (χ1v) is 7.65. The molecule has 1 heterocycles. The minimum atomic E-state index is 0.253. The van der Waals surface area contributed by atoms with Crippen molar-refractivity contribution in [1.29, 1.82) is 0 Å². The Labute approximate surface area is 113 Å². The first-order chi connectivity index (χ1) is 8.48. The molecule has 0 bridgehead atoms. The van der Waals surface area contributed by atoms with Crippen molar-refractivity contribution in [2.24, 2.45) is 11.7 Å². The molecule has 2 fully saturated rings. The second-order valence-electron chi connectivity index (χ2n) is 6.90. The lowest BCUT2D eigenvalue weighted by Gasteiger charge is -2.52. The molecule has 0 aromatic carbocycles. The van der Waals surface area contributed by atoms with Crippen LogP contribution >= 0.6 is 0 Å². The monoisotopic (exact) mass is 253 g/mol. The fourth-order valence-electron chi connectivity index (χ4n) is 3.51. The van der Waals surface area contributed by atoms with Gasteiger partial charge >= 0.3 is 0 Å². The third-order valence-corrected chi connectivity index (χ3v) is 5.12. The number of rotatable bonds is 5. The van der Waals surface area contributed by atoms with Crippen molar-refractivity contribution in [2.45, 2.75) is 64.1 Å². The summed E-state index contributed by atoms with van der Waals surface area (Å²) >= 11 is 0. The van der Waals surface area contributed by atoms with E-state index in [-0.39, 0.29) is 5.54 Å². The lowest BCUT2D eigenvalue weighted by atomic mass is 9.81. The van der Waals surface area contributed by atoms with Gasteiger partial charge in [-0.05, 0) is 66.0 Å². The van der Waals surface area contributed by atoms with Crippen molar-refractivity contribution in [1.82, 2.24) is 9.80 Å². The maximum atomic E-state index is 6.22. The van der Waals surface area contributed by atoms with E-state index in [1.165, 1.54) is 38.8 Å². The largest absolute Gasteiger partial charge is 0.329 e. The molecule has 18 heavy (non-hydrogen) atoms. The van der Waals surface area contributed by atoms with Crippen molar-refractivity contribution < 1.29 is 0 Å². The third kappa shape index (κ3) is 2.89. The highest BCUT2D eigenvalue weighted by molar-refractivity contribution is 5.00. The zero-order chi connectivity index (χ0) is 13.3. The van der Waals surface area contributed by atoms with Gasteiger partial charge in [0.2, 0.25) is 0 Å². The van der Waals surface area contributed by atoms with Gasteiger partial charge in [0.1, 0.15) is 0 Å². The Morgan fingerprint density at radius 1 is 1.39 bits per heavy atom. The summed E-state index contributed by atoms with van der Waals surface area (Å²) < 4.78 is 0. The molecule has 2 aliphatic rings. The normalized spacial score (nSPS) is 34.5. The minimum Gasteiger partial charge on any atom is -0.329 e. The van der Waals surface area contributed by atoms with Crippen LogP contribution in [0.2, 0.25) is 0 Å². The quantitative estimate of drug-likeness (QED) is 0.812. The molecule has 0 amide bonds. The van der Waals surface area contributed by atoms with Gasteiger partial charge in [-0.1, -0.05) is 0 Å². The first-order valence-electron chi connectivity index (χ1n) is 7.65. The van der Waals surface area contributed by atoms with Crippen LogP contribution in [0.4, 0.5) is 0 Å². The summed E-state index contributed by atoms with van der Waals surface area (Å²) in [5.41, 5.74) is 6.47. The first kappa shape index (κ1) is 14.3. The van der Waals surface area contributed by atoms with Gasteiger partial charge in [-0.25, -0.2) is 0 Å². The molecule has 1 aliphatic heterocycles. The van der Waals surface area contributed by atoms with Crippen LogP contribution in [0.15, 0.2) is 0 Å². The molecule has 1 aliphatic carbocycles. The fourth-order valence-corrected chi connectivity index (χ4v) is 3.51. The van der Waals surface area contributed by atoms with E-state index in [4.69, 9.17) is 5.73 Å². The van der Waals surface area contributed by atoms with E-state index in [2.05, 4.69) is 37.6 Å². The maximum absolute atomic E-state index is 6.22. The second-order valence-corrected chi connectivity index (χ2v) is 6.90. The summed E-state index contributed by atoms with van der Waals surface area (Å²) in [7, 11) is 2.24. The molecule has 0 radical (unpaired) electrons. The van der Waals surface area contributed by atoms with Gasteiger partial charge in [-0.3, -0.25) is 4.90 Å². The molecule has 1 saturated carbocycles. The van der Waals surface area contributed by atoms with E-state index < -0.39 is 0 Å². The summed E-state index contributed by atoms with van der Waals surface area (Å²) in [4.78, 5) is 5.21. The molecule has 3 nitrogen and oxygen atoms in total. The Hall–Kier alpha value is -0.120. The average Bonchev–Trinajstić information content (AvgIpc) is 3.14. The molecule has 2 rings (SSSR count). The summed E-state index contributed by atoms with van der Waals surface area (Å²) in [6.45, 7) is 10.3. The average molecular weight is 253 g/mol. The van der Waals surface area contributed by atoms with Crippen LogP contribution < -0.4 is 5.73 Å². The summed E-state index contributed by atoms with van der Waals surface area (Å²) in [6, 6.07) is 1.27. The number of likely N-dealkylation sites (tertiary alicyclic amines) is 1. The van der Waals surface area contributed by atoms with Crippen molar-refractivity contribution in [3.63, 3.8) is 0 Å². The number of nitrogens with zero attached hydrogens (tertiary/aromatic N) is 2. The van der Waals surface area contributed by atoms with E-state index in [1.54, 1.807) is 0 Å². The molecule has 0 spiro atoms. The highest BCUT2D eigenvalue weighted by atomic mass is 15.3. The van der Waals surface area contributed by atoms with Gasteiger partial charge < -0.3 is 10.6 Å². The molecule has 0 aromatic rings. The van der Waals surface area contributed by atoms with E-state index >= 15 is 0 Å². The van der Waals surface area contributed by atoms with E-state index in [0.29, 0.717) is 12.1 Å². The number of hydrogen-bond acceptors (Lipinski definition) is 3. The predicted molar refractivity (Wildman–Crippen MR) is 77.7 cm³/mol. The Kier molecular flexibility index (Phi) is 4.35. The number of piperidine rings is 1. The minimum absolute atomic E-state index is 0.253. The predicted octanol–water partition coefficient (Wildman–Crippen LogP) is 1.92. The molecule has 3 heteroatoms. The molecular weight excluding hydrogens is 222 g/mol. The lowest BCUT2D eigenvalue weighted by molar-refractivity contribution is -0.0114. The van der Waals surface area contributed by atoms with Crippen LogP contribution in [-0.4, -0.2) is 54.1 Å². The molecule has 2 unspecified atom stereocenters. The fraction of sp³-hybridized carbons (Fsp3) is 1.00. The molecule has 0 aromatic heterocycles. The summed E-state index contributed by atoms with van der Waals surface area (Å²) in [6.07, 6.45) is 5.32. The van der Waals surface area contributed by atoms with Crippen molar-refractivity contribution in [3.05, 3.63) is 0 Å². The highest BCUT2D eigenvalue weighted by Gasteiger charge is 2.43. The molecule has 1 saturated heterocycles. The van der Waals surface area contributed by atoms with Crippen LogP contribution in [0.25, 0.3) is 0 Å². The van der Waals surface area contributed by atoms with Crippen molar-refractivity contribution in [2.75, 3.05) is 26.7 Å². The maximum Gasteiger partial charge on any atom is 0.0361 e. The SMILES string of the molecule is CC1CC(CN)(N(CC2CC2)C(C)C)CCN1C. The van der Waals surface area contributed by atoms with E-state index in [1.807, 2.05) is 0 Å². The molecule has 2 atom stereocenters. The topological polar surface area (TPSA) is 32.5 Å². The molecule has 2 N–H and O–H groups in total. The Morgan fingerprint density at radius 3 is 2.50 bits per heavy atom.